The summed E-state index contributed by atoms with van der Waals surface area (Å²) in [6.45, 7) is 1.93. The Morgan fingerprint density at radius 3 is 2.67 bits per heavy atom. The van der Waals surface area contributed by atoms with E-state index in [-0.39, 0.29) is 5.82 Å². The van der Waals surface area contributed by atoms with Gasteiger partial charge in [-0.1, -0.05) is 0 Å². The van der Waals surface area contributed by atoms with Crippen LogP contribution in [0.1, 0.15) is 19.3 Å². The summed E-state index contributed by atoms with van der Waals surface area (Å²) < 4.78 is 12.9. The summed E-state index contributed by atoms with van der Waals surface area (Å²) in [5.41, 5.74) is 0.283. The van der Waals surface area contributed by atoms with E-state index >= 15 is 0 Å². The van der Waals surface area contributed by atoms with Crippen LogP contribution in [0.2, 0.25) is 0 Å². The zero-order valence-electron chi connectivity index (χ0n) is 10.6. The van der Waals surface area contributed by atoms with Crippen molar-refractivity contribution in [3.63, 3.8) is 0 Å². The summed E-state index contributed by atoms with van der Waals surface area (Å²) in [5, 5.41) is 12.7. The molecule has 1 heterocycles. The van der Waals surface area contributed by atoms with Crippen LogP contribution in [0.25, 0.3) is 0 Å². The van der Waals surface area contributed by atoms with Crippen molar-refractivity contribution in [2.24, 2.45) is 0 Å². The van der Waals surface area contributed by atoms with Gasteiger partial charge in [-0.3, -0.25) is 0 Å². The van der Waals surface area contributed by atoms with Gasteiger partial charge >= 0.3 is 0 Å². The van der Waals surface area contributed by atoms with E-state index in [4.69, 9.17) is 0 Å². The fourth-order valence-electron chi connectivity index (χ4n) is 2.34. The maximum atomic E-state index is 12.9. The predicted octanol–water partition coefficient (Wildman–Crippen LogP) is 2.62. The second-order valence-corrected chi connectivity index (χ2v) is 4.98. The number of nitrogens with zero attached hydrogens (tertiary/aromatic N) is 2. The fourth-order valence-corrected chi connectivity index (χ4v) is 2.34. The molecule has 3 nitrogen and oxygen atoms in total. The zero-order valence-corrected chi connectivity index (χ0v) is 10.6. The molecule has 1 saturated heterocycles. The van der Waals surface area contributed by atoms with Crippen molar-refractivity contribution in [2.75, 3.05) is 25.5 Å². The number of nitrogens with one attached hydrogen (secondary N) is 1. The number of likely N-dealkylation sites (tertiary alicyclic amines) is 1. The Kier molecular flexibility index (Phi) is 3.83. The number of anilines is 1. The van der Waals surface area contributed by atoms with Crippen molar-refractivity contribution in [2.45, 2.75) is 24.8 Å². The fraction of sp³-hybridized carbons (Fsp3) is 0.500. The van der Waals surface area contributed by atoms with Crippen LogP contribution in [0.3, 0.4) is 0 Å². The first-order chi connectivity index (χ1) is 8.63. The number of rotatable bonds is 2. The molecule has 96 valence electrons. The lowest BCUT2D eigenvalue weighted by atomic mass is 9.92. The van der Waals surface area contributed by atoms with E-state index in [1.54, 1.807) is 12.1 Å². The molecule has 1 aliphatic rings. The Morgan fingerprint density at radius 1 is 1.28 bits per heavy atom. The Hall–Kier alpha value is -1.60. The molecule has 1 unspecified atom stereocenters. The van der Waals surface area contributed by atoms with Crippen LogP contribution in [0.4, 0.5) is 10.1 Å². The number of benzene rings is 1. The molecule has 0 aromatic heterocycles. The van der Waals surface area contributed by atoms with Gasteiger partial charge in [-0.15, -0.1) is 0 Å². The molecule has 2 rings (SSSR count). The average molecular weight is 247 g/mol. The third-order valence-electron chi connectivity index (χ3n) is 3.51. The van der Waals surface area contributed by atoms with Gasteiger partial charge in [0.05, 0.1) is 6.07 Å². The van der Waals surface area contributed by atoms with Crippen LogP contribution in [-0.2, 0) is 0 Å². The number of hydrogen-bond acceptors (Lipinski definition) is 3. The maximum absolute atomic E-state index is 12.9. The highest BCUT2D eigenvalue weighted by atomic mass is 19.1. The minimum Gasteiger partial charge on any atom is -0.367 e. The Labute approximate surface area is 107 Å². The van der Waals surface area contributed by atoms with Gasteiger partial charge in [0.15, 0.2) is 0 Å². The molecule has 1 N–H and O–H groups in total. The minimum atomic E-state index is -0.525. The molecule has 0 amide bonds. The lowest BCUT2D eigenvalue weighted by molar-refractivity contribution is 0.345. The van der Waals surface area contributed by atoms with Crippen molar-refractivity contribution >= 4 is 5.69 Å². The van der Waals surface area contributed by atoms with Gasteiger partial charge in [0, 0.05) is 12.2 Å². The van der Waals surface area contributed by atoms with Gasteiger partial charge in [0.1, 0.15) is 11.4 Å². The lowest BCUT2D eigenvalue weighted by Gasteiger charge is -2.27. The monoisotopic (exact) mass is 247 g/mol. The summed E-state index contributed by atoms with van der Waals surface area (Å²) in [4.78, 5) is 2.24. The van der Waals surface area contributed by atoms with E-state index < -0.39 is 5.54 Å². The molecule has 1 aromatic rings. The Morgan fingerprint density at radius 2 is 2.00 bits per heavy atom. The first-order valence-electron chi connectivity index (χ1n) is 6.27. The van der Waals surface area contributed by atoms with Gasteiger partial charge in [-0.25, -0.2) is 4.39 Å². The number of nitriles is 1. The van der Waals surface area contributed by atoms with Crippen molar-refractivity contribution < 1.29 is 4.39 Å². The molecule has 1 aromatic carbocycles. The van der Waals surface area contributed by atoms with Gasteiger partial charge < -0.3 is 10.2 Å². The van der Waals surface area contributed by atoms with Crippen LogP contribution < -0.4 is 5.32 Å². The largest absolute Gasteiger partial charge is 0.367 e. The molecule has 1 aliphatic heterocycles. The lowest BCUT2D eigenvalue weighted by Crippen LogP contribution is -2.37. The van der Waals surface area contributed by atoms with Crippen LogP contribution in [0, 0.1) is 17.1 Å². The zero-order chi connectivity index (χ0) is 13.0. The highest BCUT2D eigenvalue weighted by molar-refractivity contribution is 5.47. The summed E-state index contributed by atoms with van der Waals surface area (Å²) >= 11 is 0. The van der Waals surface area contributed by atoms with E-state index in [9.17, 15) is 9.65 Å². The van der Waals surface area contributed by atoms with Crippen molar-refractivity contribution in [3.8, 4) is 6.07 Å². The Balaban J connectivity index is 2.13. The molecule has 4 heteroatoms. The molecule has 0 saturated carbocycles. The number of halogens is 1. The second-order valence-electron chi connectivity index (χ2n) is 4.98. The van der Waals surface area contributed by atoms with E-state index in [2.05, 4.69) is 23.3 Å². The van der Waals surface area contributed by atoms with Crippen molar-refractivity contribution in [1.29, 1.82) is 5.26 Å². The summed E-state index contributed by atoms with van der Waals surface area (Å²) in [6.07, 6.45) is 2.61. The van der Waals surface area contributed by atoms with Gasteiger partial charge in [0.2, 0.25) is 0 Å². The van der Waals surface area contributed by atoms with Crippen LogP contribution in [0.5, 0.6) is 0 Å². The maximum Gasteiger partial charge on any atom is 0.126 e. The van der Waals surface area contributed by atoms with Gasteiger partial charge in [-0.2, -0.15) is 5.26 Å². The van der Waals surface area contributed by atoms with Crippen LogP contribution >= 0.6 is 0 Å². The van der Waals surface area contributed by atoms with Crippen molar-refractivity contribution in [3.05, 3.63) is 30.1 Å². The average Bonchev–Trinajstić information content (AvgIpc) is 2.56. The highest BCUT2D eigenvalue weighted by Crippen LogP contribution is 2.26. The normalized spacial score (nSPS) is 25.2. The molecule has 1 fully saturated rings. The topological polar surface area (TPSA) is 39.1 Å². The third-order valence-corrected chi connectivity index (χ3v) is 3.51. The molecular formula is C14H18FN3. The molecule has 18 heavy (non-hydrogen) atoms. The first kappa shape index (κ1) is 12.8. The quantitative estimate of drug-likeness (QED) is 0.873. The molecule has 0 spiro atoms. The summed E-state index contributed by atoms with van der Waals surface area (Å²) in [5.74, 6) is -0.257. The van der Waals surface area contributed by atoms with E-state index in [1.807, 2.05) is 0 Å². The van der Waals surface area contributed by atoms with Gasteiger partial charge in [0.25, 0.3) is 0 Å². The first-order valence-corrected chi connectivity index (χ1v) is 6.27. The van der Waals surface area contributed by atoms with E-state index in [0.29, 0.717) is 0 Å². The molecule has 1 atom stereocenters. The predicted molar refractivity (Wildman–Crippen MR) is 69.7 cm³/mol. The van der Waals surface area contributed by atoms with Crippen LogP contribution in [0.15, 0.2) is 24.3 Å². The molecule has 0 bridgehead atoms. The number of hydrogen-bond donors (Lipinski definition) is 1. The van der Waals surface area contributed by atoms with Crippen molar-refractivity contribution in [1.82, 2.24) is 4.90 Å². The van der Waals surface area contributed by atoms with Crippen LogP contribution in [-0.4, -0.2) is 30.6 Å². The summed E-state index contributed by atoms with van der Waals surface area (Å²) in [7, 11) is 2.07. The van der Waals surface area contributed by atoms with E-state index in [0.717, 1.165) is 38.0 Å². The Bertz CT molecular complexity index is 437. The standard InChI is InChI=1S/C14H18FN3/c1-18-9-2-7-14(11-16,8-10-18)17-13-5-3-12(15)4-6-13/h3-6,17H,2,7-10H2,1H3. The summed E-state index contributed by atoms with van der Waals surface area (Å²) in [6, 6.07) is 8.60. The molecule has 0 aliphatic carbocycles. The highest BCUT2D eigenvalue weighted by Gasteiger charge is 2.31. The third kappa shape index (κ3) is 2.99. The molecular weight excluding hydrogens is 229 g/mol. The van der Waals surface area contributed by atoms with E-state index in [1.165, 1.54) is 12.1 Å². The smallest absolute Gasteiger partial charge is 0.126 e. The minimum absolute atomic E-state index is 0.257. The molecule has 0 radical (unpaired) electrons. The van der Waals surface area contributed by atoms with Gasteiger partial charge in [-0.05, 0) is 57.1 Å². The second kappa shape index (κ2) is 5.36. The SMILES string of the molecule is CN1CCCC(C#N)(Nc2ccc(F)cc2)CC1.